The lowest BCUT2D eigenvalue weighted by Gasteiger charge is -2.12. The van der Waals surface area contributed by atoms with E-state index in [2.05, 4.69) is 25.3 Å². The standard InChI is InChI=1S/C15H16N6O2S/c1-21(2)14-18-11(19-15(20-14)23-3)8-16-12(22)13-17-9-6-4-5-7-10(9)24-13/h4-7H,8H2,1-3H3,(H,16,22). The van der Waals surface area contributed by atoms with Crippen LogP contribution in [-0.4, -0.2) is 47.0 Å². The SMILES string of the molecule is COc1nc(CNC(=O)c2nc3ccccc3s2)nc(N(C)C)n1. The van der Waals surface area contributed by atoms with Crippen molar-refractivity contribution in [3.05, 3.63) is 35.1 Å². The van der Waals surface area contributed by atoms with Crippen molar-refractivity contribution in [3.63, 3.8) is 0 Å². The molecule has 8 nitrogen and oxygen atoms in total. The summed E-state index contributed by atoms with van der Waals surface area (Å²) in [6.07, 6.45) is 0. The number of thiazole rings is 1. The van der Waals surface area contributed by atoms with Gasteiger partial charge in [-0.15, -0.1) is 11.3 Å². The maximum absolute atomic E-state index is 12.3. The van der Waals surface area contributed by atoms with E-state index in [0.717, 1.165) is 10.2 Å². The molecule has 2 aromatic heterocycles. The predicted molar refractivity (Wildman–Crippen MR) is 91.5 cm³/mol. The third-order valence-electron chi connectivity index (χ3n) is 3.13. The van der Waals surface area contributed by atoms with Gasteiger partial charge < -0.3 is 15.0 Å². The van der Waals surface area contributed by atoms with E-state index < -0.39 is 0 Å². The molecular weight excluding hydrogens is 328 g/mol. The maximum atomic E-state index is 12.3. The molecule has 3 aromatic rings. The first-order chi connectivity index (χ1) is 11.6. The molecule has 0 aliphatic rings. The molecule has 0 radical (unpaired) electrons. The van der Waals surface area contributed by atoms with Gasteiger partial charge in [-0.05, 0) is 12.1 Å². The second-order valence-corrected chi connectivity index (χ2v) is 6.13. The van der Waals surface area contributed by atoms with Gasteiger partial charge in [-0.3, -0.25) is 4.79 Å². The molecule has 0 unspecified atom stereocenters. The fourth-order valence-electron chi connectivity index (χ4n) is 1.96. The number of methoxy groups -OCH3 is 1. The Kier molecular flexibility index (Phi) is 4.52. The van der Waals surface area contributed by atoms with E-state index >= 15 is 0 Å². The van der Waals surface area contributed by atoms with Gasteiger partial charge in [0.2, 0.25) is 5.95 Å². The number of benzene rings is 1. The minimum atomic E-state index is -0.262. The molecule has 1 amide bonds. The van der Waals surface area contributed by atoms with Crippen LogP contribution in [0.2, 0.25) is 0 Å². The molecule has 0 bridgehead atoms. The van der Waals surface area contributed by atoms with E-state index in [1.54, 1.807) is 4.90 Å². The van der Waals surface area contributed by atoms with Gasteiger partial charge in [0, 0.05) is 14.1 Å². The summed E-state index contributed by atoms with van der Waals surface area (Å²) in [6.45, 7) is 0.161. The van der Waals surface area contributed by atoms with Gasteiger partial charge in [-0.25, -0.2) is 4.98 Å². The van der Waals surface area contributed by atoms with Crippen molar-refractivity contribution in [2.45, 2.75) is 6.54 Å². The average molecular weight is 344 g/mol. The monoisotopic (exact) mass is 344 g/mol. The Hall–Kier alpha value is -2.81. The third-order valence-corrected chi connectivity index (χ3v) is 4.16. The van der Waals surface area contributed by atoms with Crippen LogP contribution in [0.4, 0.5) is 5.95 Å². The molecular formula is C15H16N6O2S. The highest BCUT2D eigenvalue weighted by Crippen LogP contribution is 2.21. The summed E-state index contributed by atoms with van der Waals surface area (Å²) >= 11 is 1.35. The Bertz CT molecular complexity index is 846. The third kappa shape index (κ3) is 3.40. The fraction of sp³-hybridized carbons (Fsp3) is 0.267. The van der Waals surface area contributed by atoms with Crippen LogP contribution in [-0.2, 0) is 6.54 Å². The smallest absolute Gasteiger partial charge is 0.321 e. The average Bonchev–Trinajstić information content (AvgIpc) is 3.03. The Balaban J connectivity index is 1.75. The lowest BCUT2D eigenvalue weighted by molar-refractivity contribution is 0.0949. The van der Waals surface area contributed by atoms with Crippen molar-refractivity contribution in [1.29, 1.82) is 0 Å². The summed E-state index contributed by atoms with van der Waals surface area (Å²) < 4.78 is 6.04. The van der Waals surface area contributed by atoms with E-state index in [4.69, 9.17) is 4.74 Å². The molecule has 1 aromatic carbocycles. The maximum Gasteiger partial charge on any atom is 0.321 e. The lowest BCUT2D eigenvalue weighted by Crippen LogP contribution is -2.25. The molecule has 0 saturated heterocycles. The second kappa shape index (κ2) is 6.75. The molecule has 0 aliphatic carbocycles. The molecule has 0 saturated carbocycles. The number of hydrogen-bond donors (Lipinski definition) is 1. The van der Waals surface area contributed by atoms with Crippen LogP contribution in [0, 0.1) is 0 Å². The second-order valence-electron chi connectivity index (χ2n) is 5.10. The zero-order chi connectivity index (χ0) is 17.1. The summed E-state index contributed by atoms with van der Waals surface area (Å²) in [4.78, 5) is 30.9. The van der Waals surface area contributed by atoms with Gasteiger partial charge in [0.05, 0.1) is 23.9 Å². The van der Waals surface area contributed by atoms with E-state index in [9.17, 15) is 4.79 Å². The van der Waals surface area contributed by atoms with Crippen molar-refractivity contribution in [2.75, 3.05) is 26.1 Å². The fourth-order valence-corrected chi connectivity index (χ4v) is 2.84. The van der Waals surface area contributed by atoms with Crippen molar-refractivity contribution < 1.29 is 9.53 Å². The Morgan fingerprint density at radius 1 is 1.21 bits per heavy atom. The first kappa shape index (κ1) is 16.1. The number of amides is 1. The number of para-hydroxylation sites is 1. The lowest BCUT2D eigenvalue weighted by atomic mass is 10.3. The van der Waals surface area contributed by atoms with Crippen LogP contribution >= 0.6 is 11.3 Å². The number of nitrogens with zero attached hydrogens (tertiary/aromatic N) is 5. The Labute approximate surface area is 142 Å². The molecule has 24 heavy (non-hydrogen) atoms. The first-order valence-electron chi connectivity index (χ1n) is 7.17. The summed E-state index contributed by atoms with van der Waals surface area (Å²) in [6, 6.07) is 7.83. The molecule has 3 rings (SSSR count). The molecule has 124 valence electrons. The number of nitrogens with one attached hydrogen (secondary N) is 1. The van der Waals surface area contributed by atoms with Crippen molar-refractivity contribution in [3.8, 4) is 6.01 Å². The highest BCUT2D eigenvalue weighted by atomic mass is 32.1. The number of rotatable bonds is 5. The van der Waals surface area contributed by atoms with Gasteiger partial charge in [-0.2, -0.15) is 15.0 Å². The number of hydrogen-bond acceptors (Lipinski definition) is 8. The van der Waals surface area contributed by atoms with Crippen LogP contribution < -0.4 is 15.0 Å². The van der Waals surface area contributed by atoms with Crippen molar-refractivity contribution >= 4 is 33.4 Å². The summed E-state index contributed by atoms with van der Waals surface area (Å²) in [5.41, 5.74) is 0.810. The van der Waals surface area contributed by atoms with E-state index in [0.29, 0.717) is 16.8 Å². The predicted octanol–water partition coefficient (Wildman–Crippen LogP) is 1.49. The minimum absolute atomic E-state index is 0.161. The van der Waals surface area contributed by atoms with E-state index in [-0.39, 0.29) is 18.5 Å². The minimum Gasteiger partial charge on any atom is -0.467 e. The van der Waals surface area contributed by atoms with Crippen LogP contribution in [0.3, 0.4) is 0 Å². The van der Waals surface area contributed by atoms with E-state index in [1.165, 1.54) is 18.4 Å². The van der Waals surface area contributed by atoms with Gasteiger partial charge in [0.15, 0.2) is 10.8 Å². The van der Waals surface area contributed by atoms with Gasteiger partial charge in [0.25, 0.3) is 5.91 Å². The zero-order valence-electron chi connectivity index (χ0n) is 13.5. The molecule has 0 fully saturated rings. The highest BCUT2D eigenvalue weighted by molar-refractivity contribution is 7.20. The van der Waals surface area contributed by atoms with E-state index in [1.807, 2.05) is 38.4 Å². The molecule has 0 aliphatic heterocycles. The Morgan fingerprint density at radius 3 is 2.71 bits per heavy atom. The summed E-state index contributed by atoms with van der Waals surface area (Å²) in [7, 11) is 5.12. The number of carbonyl (C=O) groups is 1. The molecule has 9 heteroatoms. The normalized spacial score (nSPS) is 10.6. The highest BCUT2D eigenvalue weighted by Gasteiger charge is 2.14. The molecule has 0 spiro atoms. The van der Waals surface area contributed by atoms with Gasteiger partial charge >= 0.3 is 6.01 Å². The van der Waals surface area contributed by atoms with Crippen LogP contribution in [0.15, 0.2) is 24.3 Å². The Morgan fingerprint density at radius 2 is 2.00 bits per heavy atom. The van der Waals surface area contributed by atoms with Crippen LogP contribution in [0.5, 0.6) is 6.01 Å². The number of fused-ring (bicyclic) bond motifs is 1. The first-order valence-corrected chi connectivity index (χ1v) is 7.98. The quantitative estimate of drug-likeness (QED) is 0.749. The number of ether oxygens (including phenoxy) is 1. The number of carbonyl (C=O) groups excluding carboxylic acids is 1. The summed E-state index contributed by atoms with van der Waals surface area (Å²) in [5, 5.41) is 3.18. The number of aromatic nitrogens is 4. The molecule has 0 atom stereocenters. The van der Waals surface area contributed by atoms with Crippen molar-refractivity contribution in [2.24, 2.45) is 0 Å². The molecule has 2 heterocycles. The zero-order valence-corrected chi connectivity index (χ0v) is 14.3. The van der Waals surface area contributed by atoms with Gasteiger partial charge in [0.1, 0.15) is 0 Å². The topological polar surface area (TPSA) is 93.1 Å². The summed E-state index contributed by atoms with van der Waals surface area (Å²) in [5.74, 6) is 0.619. The molecule has 1 N–H and O–H groups in total. The number of anilines is 1. The van der Waals surface area contributed by atoms with Crippen LogP contribution in [0.1, 0.15) is 15.6 Å². The van der Waals surface area contributed by atoms with Crippen LogP contribution in [0.25, 0.3) is 10.2 Å². The van der Waals surface area contributed by atoms with Gasteiger partial charge in [-0.1, -0.05) is 12.1 Å². The van der Waals surface area contributed by atoms with Crippen molar-refractivity contribution in [1.82, 2.24) is 25.3 Å². The largest absolute Gasteiger partial charge is 0.467 e.